The number of benzene rings is 2. The van der Waals surface area contributed by atoms with Gasteiger partial charge in [0.05, 0.1) is 38.8 Å². The van der Waals surface area contributed by atoms with E-state index in [4.69, 9.17) is 0 Å². The van der Waals surface area contributed by atoms with Gasteiger partial charge in [0.25, 0.3) is 0 Å². The van der Waals surface area contributed by atoms with Crippen LogP contribution in [0.3, 0.4) is 0 Å². The average molecular weight is 339 g/mol. The average Bonchev–Trinajstić information content (AvgIpc) is 2.55. The van der Waals surface area contributed by atoms with Gasteiger partial charge in [-0.25, -0.2) is 0 Å². The summed E-state index contributed by atoms with van der Waals surface area (Å²) in [5.41, 5.74) is 3.76. The first-order valence-electron chi connectivity index (χ1n) is 6.63. The van der Waals surface area contributed by atoms with E-state index in [9.17, 15) is 0 Å². The second kappa shape index (κ2) is 8.17. The fourth-order valence-corrected chi connectivity index (χ4v) is 2.06. The van der Waals surface area contributed by atoms with E-state index in [2.05, 4.69) is 55.0 Å². The monoisotopic (exact) mass is 339 g/mol. The molecule has 0 amide bonds. The van der Waals surface area contributed by atoms with Gasteiger partial charge in [-0.05, 0) is 66.9 Å². The molecule has 2 aromatic rings. The highest BCUT2D eigenvalue weighted by atomic mass is 32.1. The Labute approximate surface area is 145 Å². The topological polar surface area (TPSA) is 52.7 Å². The van der Waals surface area contributed by atoms with Crippen LogP contribution in [0.2, 0.25) is 0 Å². The summed E-state index contributed by atoms with van der Waals surface area (Å²) in [5, 5.41) is 13.1. The van der Waals surface area contributed by atoms with Gasteiger partial charge < -0.3 is 4.90 Å². The highest BCUT2D eigenvalue weighted by molar-refractivity contribution is 7.78. The van der Waals surface area contributed by atoms with Crippen molar-refractivity contribution in [3.63, 3.8) is 0 Å². The van der Waals surface area contributed by atoms with Crippen molar-refractivity contribution in [2.45, 2.75) is 0 Å². The number of hydrogen-bond acceptors (Lipinski definition) is 7. The third-order valence-electron chi connectivity index (χ3n) is 2.91. The van der Waals surface area contributed by atoms with Crippen molar-refractivity contribution in [3.05, 3.63) is 42.5 Å². The molecule has 0 atom stereocenters. The Balaban J connectivity index is 2.26. The molecular formula is C16H13N5S2. The normalized spacial score (nSPS) is 10.0. The Hall–Kier alpha value is -2.56. The van der Waals surface area contributed by atoms with E-state index in [0.717, 1.165) is 11.4 Å². The van der Waals surface area contributed by atoms with Crippen LogP contribution in [-0.4, -0.2) is 24.4 Å². The van der Waals surface area contributed by atoms with E-state index in [1.165, 1.54) is 0 Å². The van der Waals surface area contributed by atoms with Crippen LogP contribution in [-0.2, 0) is 0 Å². The summed E-state index contributed by atoms with van der Waals surface area (Å²) in [6.07, 6.45) is 0. The lowest BCUT2D eigenvalue weighted by Gasteiger charge is -2.14. The SMILES string of the molecule is CN(C)c1ccc(N=Nc2ccc(N=C=S)cc2)cc1N=C=S. The fourth-order valence-electron chi connectivity index (χ4n) is 1.85. The van der Waals surface area contributed by atoms with Gasteiger partial charge in [0.2, 0.25) is 0 Å². The zero-order chi connectivity index (χ0) is 16.7. The molecule has 23 heavy (non-hydrogen) atoms. The summed E-state index contributed by atoms with van der Waals surface area (Å²) in [6, 6.07) is 12.8. The van der Waals surface area contributed by atoms with Gasteiger partial charge in [-0.2, -0.15) is 20.2 Å². The molecule has 2 aromatic carbocycles. The number of aliphatic imine (C=N–C) groups is 2. The molecule has 0 N–H and O–H groups in total. The van der Waals surface area contributed by atoms with Gasteiger partial charge >= 0.3 is 0 Å². The van der Waals surface area contributed by atoms with E-state index in [-0.39, 0.29) is 0 Å². The summed E-state index contributed by atoms with van der Waals surface area (Å²) >= 11 is 9.25. The molecule has 5 nitrogen and oxygen atoms in total. The third kappa shape index (κ3) is 4.71. The summed E-state index contributed by atoms with van der Waals surface area (Å²) in [5.74, 6) is 0. The lowest BCUT2D eigenvalue weighted by Crippen LogP contribution is -2.08. The first-order chi connectivity index (χ1) is 11.1. The van der Waals surface area contributed by atoms with Crippen LogP contribution >= 0.6 is 24.4 Å². The van der Waals surface area contributed by atoms with E-state index < -0.39 is 0 Å². The highest BCUT2D eigenvalue weighted by Gasteiger charge is 2.04. The molecule has 2 rings (SSSR count). The Morgan fingerprint density at radius 1 is 0.783 bits per heavy atom. The smallest absolute Gasteiger partial charge is 0.0994 e. The van der Waals surface area contributed by atoms with Gasteiger partial charge in [0.1, 0.15) is 0 Å². The van der Waals surface area contributed by atoms with Crippen LogP contribution in [0.1, 0.15) is 0 Å². The molecule has 0 fully saturated rings. The molecule has 0 radical (unpaired) electrons. The van der Waals surface area contributed by atoms with Crippen LogP contribution in [0, 0.1) is 0 Å². The van der Waals surface area contributed by atoms with E-state index in [0.29, 0.717) is 17.1 Å². The molecule has 0 aliphatic carbocycles. The lowest BCUT2D eigenvalue weighted by molar-refractivity contribution is 1.13. The quantitative estimate of drug-likeness (QED) is 0.402. The van der Waals surface area contributed by atoms with Crippen molar-refractivity contribution in [3.8, 4) is 0 Å². The summed E-state index contributed by atoms with van der Waals surface area (Å²) in [7, 11) is 3.87. The molecule has 114 valence electrons. The van der Waals surface area contributed by atoms with Crippen LogP contribution in [0.15, 0.2) is 62.7 Å². The van der Waals surface area contributed by atoms with Crippen molar-refractivity contribution in [1.29, 1.82) is 0 Å². The summed E-state index contributed by atoms with van der Waals surface area (Å²) < 4.78 is 0. The molecule has 7 heteroatoms. The van der Waals surface area contributed by atoms with Crippen LogP contribution in [0.5, 0.6) is 0 Å². The molecule has 0 unspecified atom stereocenters. The number of isothiocyanates is 2. The maximum Gasteiger partial charge on any atom is 0.0994 e. The maximum atomic E-state index is 4.69. The Kier molecular flexibility index (Phi) is 5.97. The number of azo groups is 1. The lowest BCUT2D eigenvalue weighted by atomic mass is 10.2. The first kappa shape index (κ1) is 16.8. The zero-order valence-electron chi connectivity index (χ0n) is 12.6. The molecule has 0 aliphatic rings. The molecule has 0 heterocycles. The highest BCUT2D eigenvalue weighted by Crippen LogP contribution is 2.32. The minimum Gasteiger partial charge on any atom is -0.376 e. The van der Waals surface area contributed by atoms with Crippen LogP contribution in [0.4, 0.5) is 28.4 Å². The number of nitrogens with zero attached hydrogens (tertiary/aromatic N) is 5. The second-order valence-electron chi connectivity index (χ2n) is 4.69. The van der Waals surface area contributed by atoms with E-state index in [1.54, 1.807) is 24.3 Å². The van der Waals surface area contributed by atoms with Gasteiger partial charge in [0.15, 0.2) is 0 Å². The van der Waals surface area contributed by atoms with Gasteiger partial charge in [-0.15, -0.1) is 0 Å². The number of thiocarbonyl (C=S) groups is 2. The zero-order valence-corrected chi connectivity index (χ0v) is 14.2. The molecular weight excluding hydrogens is 326 g/mol. The predicted molar refractivity (Wildman–Crippen MR) is 101 cm³/mol. The van der Waals surface area contributed by atoms with Gasteiger partial charge in [0, 0.05) is 14.1 Å². The summed E-state index contributed by atoms with van der Waals surface area (Å²) in [6.45, 7) is 0. The molecule has 0 saturated carbocycles. The number of anilines is 1. The molecule has 0 bridgehead atoms. The molecule has 0 saturated heterocycles. The Bertz CT molecular complexity index is 815. The van der Waals surface area contributed by atoms with Crippen molar-refractivity contribution in [1.82, 2.24) is 0 Å². The second-order valence-corrected chi connectivity index (χ2v) is 5.06. The molecule has 0 spiro atoms. The summed E-state index contributed by atoms with van der Waals surface area (Å²) in [4.78, 5) is 9.90. The Morgan fingerprint density at radius 2 is 1.35 bits per heavy atom. The van der Waals surface area contributed by atoms with Crippen molar-refractivity contribution >= 4 is 63.2 Å². The van der Waals surface area contributed by atoms with E-state index >= 15 is 0 Å². The minimum absolute atomic E-state index is 0.681. The van der Waals surface area contributed by atoms with Gasteiger partial charge in [-0.3, -0.25) is 0 Å². The largest absolute Gasteiger partial charge is 0.376 e. The molecule has 0 aliphatic heterocycles. The van der Waals surface area contributed by atoms with E-state index in [1.807, 2.05) is 37.2 Å². The molecule has 0 aromatic heterocycles. The Morgan fingerprint density at radius 3 is 1.96 bits per heavy atom. The van der Waals surface area contributed by atoms with Crippen LogP contribution < -0.4 is 4.90 Å². The van der Waals surface area contributed by atoms with Crippen LogP contribution in [0.25, 0.3) is 0 Å². The van der Waals surface area contributed by atoms with Gasteiger partial charge in [-0.1, -0.05) is 0 Å². The van der Waals surface area contributed by atoms with Crippen molar-refractivity contribution in [2.24, 2.45) is 20.2 Å². The van der Waals surface area contributed by atoms with Crippen molar-refractivity contribution in [2.75, 3.05) is 19.0 Å². The maximum absolute atomic E-state index is 4.69. The van der Waals surface area contributed by atoms with Crippen molar-refractivity contribution < 1.29 is 0 Å². The first-order valence-corrected chi connectivity index (χ1v) is 7.44. The number of hydrogen-bond donors (Lipinski definition) is 0. The standard InChI is InChI=1S/C16H13N5S2/c1-21(2)16-8-7-14(9-15(16)18-11-23)20-19-13-5-3-12(4-6-13)17-10-22/h3-9H,1-2H3. The minimum atomic E-state index is 0.681. The number of rotatable bonds is 5. The predicted octanol–water partition coefficient (Wildman–Crippen LogP) is 5.64. The third-order valence-corrected chi connectivity index (χ3v) is 3.09. The fraction of sp³-hybridized carbons (Fsp3) is 0.125.